The maximum atomic E-state index is 5.97. The molecule has 0 N–H and O–H groups in total. The van der Waals surface area contributed by atoms with Gasteiger partial charge in [0.25, 0.3) is 0 Å². The van der Waals surface area contributed by atoms with Gasteiger partial charge in [0.05, 0.1) is 7.11 Å². The highest BCUT2D eigenvalue weighted by molar-refractivity contribution is 7.68. The van der Waals surface area contributed by atoms with Gasteiger partial charge in [0, 0.05) is 11.1 Å². The fraction of sp³-hybridized carbons (Fsp3) is 0.310. The van der Waals surface area contributed by atoms with Crippen LogP contribution in [0.2, 0.25) is 0 Å². The highest BCUT2D eigenvalue weighted by Crippen LogP contribution is 2.60. The lowest BCUT2D eigenvalue weighted by Gasteiger charge is -2.43. The summed E-state index contributed by atoms with van der Waals surface area (Å²) in [7, 11) is 1.30. The van der Waals surface area contributed by atoms with Gasteiger partial charge in [-0.25, -0.2) is 0 Å². The van der Waals surface area contributed by atoms with Crippen LogP contribution in [0.4, 0.5) is 0 Å². The number of benzene rings is 4. The van der Waals surface area contributed by atoms with Crippen molar-refractivity contribution in [3.8, 4) is 16.9 Å². The van der Waals surface area contributed by atoms with E-state index >= 15 is 0 Å². The van der Waals surface area contributed by atoms with E-state index in [0.29, 0.717) is 0 Å². The molecule has 0 saturated heterocycles. The summed E-state index contributed by atoms with van der Waals surface area (Å²) in [6, 6.07) is 26.4. The van der Waals surface area contributed by atoms with Crippen LogP contribution in [0, 0.1) is 0 Å². The third kappa shape index (κ3) is 3.97. The van der Waals surface area contributed by atoms with Crippen molar-refractivity contribution in [2.75, 3.05) is 7.11 Å². The quantitative estimate of drug-likeness (QED) is 0.298. The first-order valence-electron chi connectivity index (χ1n) is 11.0. The van der Waals surface area contributed by atoms with E-state index < -0.39 is 7.92 Å². The van der Waals surface area contributed by atoms with Gasteiger partial charge in [0.1, 0.15) is 5.75 Å². The molecular weight excluding hydrogens is 395 g/mol. The molecule has 0 amide bonds. The highest BCUT2D eigenvalue weighted by atomic mass is 31.1. The minimum absolute atomic E-state index is 0.169. The Morgan fingerprint density at radius 1 is 0.581 bits per heavy atom. The molecule has 2 heteroatoms. The molecule has 4 aromatic rings. The van der Waals surface area contributed by atoms with Crippen LogP contribution >= 0.6 is 7.92 Å². The Hall–Kier alpha value is -2.37. The van der Waals surface area contributed by atoms with Gasteiger partial charge in [-0.15, -0.1) is 0 Å². The molecule has 0 bridgehead atoms. The molecule has 31 heavy (non-hydrogen) atoms. The van der Waals surface area contributed by atoms with Crippen molar-refractivity contribution in [1.82, 2.24) is 0 Å². The minimum atomic E-state index is -0.484. The topological polar surface area (TPSA) is 9.23 Å². The zero-order valence-electron chi connectivity index (χ0n) is 19.8. The summed E-state index contributed by atoms with van der Waals surface area (Å²) in [5, 5.41) is 6.86. The van der Waals surface area contributed by atoms with E-state index in [-0.39, 0.29) is 10.3 Å². The van der Waals surface area contributed by atoms with Crippen LogP contribution in [0.5, 0.6) is 5.75 Å². The molecule has 0 atom stereocenters. The van der Waals surface area contributed by atoms with E-state index in [1.807, 2.05) is 0 Å². The normalized spacial score (nSPS) is 12.6. The maximum absolute atomic E-state index is 5.97. The Kier molecular flexibility index (Phi) is 5.61. The van der Waals surface area contributed by atoms with Crippen LogP contribution < -0.4 is 10.0 Å². The van der Waals surface area contributed by atoms with Crippen molar-refractivity contribution in [3.63, 3.8) is 0 Å². The van der Waals surface area contributed by atoms with Crippen LogP contribution in [-0.4, -0.2) is 17.4 Å². The molecule has 0 saturated carbocycles. The predicted molar refractivity (Wildman–Crippen MR) is 140 cm³/mol. The number of fused-ring (bicyclic) bond motifs is 2. The molecule has 0 aliphatic rings. The van der Waals surface area contributed by atoms with E-state index in [1.165, 1.54) is 38.0 Å². The molecule has 0 aliphatic carbocycles. The number of hydrogen-bond acceptors (Lipinski definition) is 1. The average Bonchev–Trinajstić information content (AvgIpc) is 2.71. The van der Waals surface area contributed by atoms with Crippen LogP contribution in [0.15, 0.2) is 72.8 Å². The fourth-order valence-electron chi connectivity index (χ4n) is 5.12. The van der Waals surface area contributed by atoms with Crippen LogP contribution in [-0.2, 0) is 0 Å². The van der Waals surface area contributed by atoms with Crippen molar-refractivity contribution in [1.29, 1.82) is 0 Å². The maximum Gasteiger partial charge on any atom is 0.127 e. The minimum Gasteiger partial charge on any atom is -0.496 e. The molecule has 160 valence electrons. The average molecular weight is 429 g/mol. The lowest BCUT2D eigenvalue weighted by atomic mass is 9.93. The molecular formula is C29H33OP. The van der Waals surface area contributed by atoms with Crippen molar-refractivity contribution in [2.24, 2.45) is 0 Å². The summed E-state index contributed by atoms with van der Waals surface area (Å²) in [6.45, 7) is 14.4. The summed E-state index contributed by atoms with van der Waals surface area (Å²) in [5.41, 5.74) is 2.55. The molecule has 4 rings (SSSR count). The summed E-state index contributed by atoms with van der Waals surface area (Å²) in [4.78, 5) is 0. The summed E-state index contributed by atoms with van der Waals surface area (Å²) in [5.74, 6) is 0.939. The summed E-state index contributed by atoms with van der Waals surface area (Å²) in [6.07, 6.45) is 0. The van der Waals surface area contributed by atoms with E-state index in [0.717, 1.165) is 5.75 Å². The highest BCUT2D eigenvalue weighted by Gasteiger charge is 2.38. The van der Waals surface area contributed by atoms with Gasteiger partial charge in [-0.05, 0) is 43.2 Å². The standard InChI is InChI=1S/C29H33OP/c1-28(2,3)31(29(4,5)6)25-19-17-21-13-9-11-15-23(21)27(25)26-22-14-10-8-12-20(22)16-18-24(26)30-7/h8-19H,1-7H3. The monoisotopic (exact) mass is 428 g/mol. The number of rotatable bonds is 3. The van der Waals surface area contributed by atoms with Crippen molar-refractivity contribution in [3.05, 3.63) is 72.8 Å². The van der Waals surface area contributed by atoms with Crippen LogP contribution in [0.25, 0.3) is 32.7 Å². The number of methoxy groups -OCH3 is 1. The zero-order valence-corrected chi connectivity index (χ0v) is 20.7. The molecule has 0 heterocycles. The first-order valence-corrected chi connectivity index (χ1v) is 12.4. The molecule has 0 aromatic heterocycles. The van der Waals surface area contributed by atoms with Crippen LogP contribution in [0.1, 0.15) is 41.5 Å². The van der Waals surface area contributed by atoms with Crippen molar-refractivity contribution < 1.29 is 4.74 Å². The summed E-state index contributed by atoms with van der Waals surface area (Å²) >= 11 is 0. The molecule has 0 spiro atoms. The molecule has 4 aromatic carbocycles. The Balaban J connectivity index is 2.22. The van der Waals surface area contributed by atoms with Gasteiger partial charge in [-0.1, -0.05) is 116 Å². The zero-order chi connectivity index (χ0) is 22.4. The molecule has 1 nitrogen and oxygen atoms in total. The van der Waals surface area contributed by atoms with Gasteiger partial charge in [-0.2, -0.15) is 0 Å². The number of hydrogen-bond donors (Lipinski definition) is 0. The van der Waals surface area contributed by atoms with Crippen LogP contribution in [0.3, 0.4) is 0 Å². The molecule has 0 aliphatic heterocycles. The second kappa shape index (κ2) is 7.95. The largest absolute Gasteiger partial charge is 0.496 e. The first-order chi connectivity index (χ1) is 14.6. The second-order valence-electron chi connectivity index (χ2n) is 10.2. The fourth-order valence-corrected chi connectivity index (χ4v) is 9.25. The van der Waals surface area contributed by atoms with E-state index in [4.69, 9.17) is 4.74 Å². The molecule has 0 unspecified atom stereocenters. The van der Waals surface area contributed by atoms with Crippen molar-refractivity contribution in [2.45, 2.75) is 51.9 Å². The van der Waals surface area contributed by atoms with Gasteiger partial charge in [0.2, 0.25) is 0 Å². The van der Waals surface area contributed by atoms with E-state index in [2.05, 4.69) is 114 Å². The van der Waals surface area contributed by atoms with Gasteiger partial charge in [0.15, 0.2) is 0 Å². The third-order valence-electron chi connectivity index (χ3n) is 5.85. The SMILES string of the molecule is COc1ccc2ccccc2c1-c1c(P(C(C)(C)C)C(C)(C)C)ccc2ccccc12. The van der Waals surface area contributed by atoms with Crippen molar-refractivity contribution >= 4 is 34.8 Å². The predicted octanol–water partition coefficient (Wildman–Crippen LogP) is 8.37. The third-order valence-corrected chi connectivity index (χ3v) is 9.39. The van der Waals surface area contributed by atoms with E-state index in [1.54, 1.807) is 7.11 Å². The van der Waals surface area contributed by atoms with Gasteiger partial charge in [-0.3, -0.25) is 0 Å². The molecule has 0 radical (unpaired) electrons. The Bertz CT molecular complexity index is 1230. The first kappa shape index (κ1) is 21.8. The Morgan fingerprint density at radius 3 is 1.58 bits per heavy atom. The smallest absolute Gasteiger partial charge is 0.127 e. The molecule has 0 fully saturated rings. The lowest BCUT2D eigenvalue weighted by molar-refractivity contribution is 0.417. The summed E-state index contributed by atoms with van der Waals surface area (Å²) < 4.78 is 5.97. The van der Waals surface area contributed by atoms with Gasteiger partial charge < -0.3 is 4.74 Å². The number of ether oxygens (including phenoxy) is 1. The Morgan fingerprint density at radius 2 is 1.06 bits per heavy atom. The second-order valence-corrected chi connectivity index (χ2v) is 14.1. The van der Waals surface area contributed by atoms with Gasteiger partial charge >= 0.3 is 0 Å². The lowest BCUT2D eigenvalue weighted by Crippen LogP contribution is -2.32. The van der Waals surface area contributed by atoms with E-state index in [9.17, 15) is 0 Å². The Labute approximate surface area is 188 Å².